The molecule has 0 bridgehead atoms. The van der Waals surface area contributed by atoms with Gasteiger partial charge in [0.15, 0.2) is 0 Å². The first-order valence-corrected chi connectivity index (χ1v) is 7.16. The van der Waals surface area contributed by atoms with E-state index in [1.54, 1.807) is 5.32 Å². The Bertz CT molecular complexity index is 498. The summed E-state index contributed by atoms with van der Waals surface area (Å²) in [7, 11) is 0. The minimum Gasteiger partial charge on any atom is -0.544 e. The number of halogens is 1. The molecule has 1 saturated carbocycles. The van der Waals surface area contributed by atoms with Gasteiger partial charge < -0.3 is 20.5 Å². The van der Waals surface area contributed by atoms with Crippen molar-refractivity contribution in [1.29, 1.82) is 0 Å². The minimum absolute atomic E-state index is 0.157. The molecule has 1 amide bonds. The highest BCUT2D eigenvalue weighted by atomic mass is 19.1. The van der Waals surface area contributed by atoms with Crippen LogP contribution < -0.4 is 15.7 Å². The summed E-state index contributed by atoms with van der Waals surface area (Å²) in [4.78, 5) is 23.0. The molecule has 6 heteroatoms. The van der Waals surface area contributed by atoms with Gasteiger partial charge in [-0.15, -0.1) is 0 Å². The number of anilines is 1. The number of nitrogens with two attached hydrogens (primary N) is 1. The van der Waals surface area contributed by atoms with Crippen LogP contribution in [0.25, 0.3) is 0 Å². The third kappa shape index (κ3) is 4.82. The summed E-state index contributed by atoms with van der Waals surface area (Å²) in [5.74, 6) is -2.03. The molecule has 3 N–H and O–H groups in total. The van der Waals surface area contributed by atoms with Gasteiger partial charge in [-0.05, 0) is 49.9 Å². The molecular weight excluding hydrogens is 275 g/mol. The largest absolute Gasteiger partial charge is 0.544 e. The molecule has 1 aliphatic rings. The van der Waals surface area contributed by atoms with Gasteiger partial charge in [0.25, 0.3) is 0 Å². The molecule has 1 aliphatic carbocycles. The summed E-state index contributed by atoms with van der Waals surface area (Å²) in [6, 6.07) is 4.71. The van der Waals surface area contributed by atoms with Gasteiger partial charge in [-0.25, -0.2) is 4.39 Å². The van der Waals surface area contributed by atoms with Crippen molar-refractivity contribution in [2.45, 2.75) is 44.2 Å². The van der Waals surface area contributed by atoms with Crippen molar-refractivity contribution in [3.8, 4) is 0 Å². The number of carboxylic acid groups (broad SMARTS) is 1. The number of nitrogens with one attached hydrogen (secondary N) is 1. The van der Waals surface area contributed by atoms with Gasteiger partial charge in [-0.1, -0.05) is 0 Å². The lowest BCUT2D eigenvalue weighted by atomic mass is 10.1. The van der Waals surface area contributed by atoms with Crippen molar-refractivity contribution in [1.82, 2.24) is 0 Å². The van der Waals surface area contributed by atoms with Crippen LogP contribution in [0, 0.1) is 5.82 Å². The Hall–Kier alpha value is -1.95. The zero-order chi connectivity index (χ0) is 15.2. The van der Waals surface area contributed by atoms with Gasteiger partial charge in [0.05, 0.1) is 18.4 Å². The monoisotopic (exact) mass is 294 g/mol. The van der Waals surface area contributed by atoms with E-state index in [0.717, 1.165) is 25.7 Å². The average molecular weight is 294 g/mol. The summed E-state index contributed by atoms with van der Waals surface area (Å²) in [5, 5.41) is 15.4. The standard InChI is InChI=1S/C15H19FN2O3/c16-10-5-7-12(8-6-10)18-14(19)9-13(15(20)21)17-11-3-1-2-4-11/h5-8,11,13,17H,1-4,9H2,(H,18,19)(H,20,21)/t13-/m1/s1. The lowest BCUT2D eigenvalue weighted by Gasteiger charge is -2.20. The molecule has 0 aromatic heterocycles. The fourth-order valence-electron chi connectivity index (χ4n) is 2.65. The number of quaternary nitrogens is 1. The van der Waals surface area contributed by atoms with E-state index in [1.165, 1.54) is 24.3 Å². The Morgan fingerprint density at radius 3 is 2.48 bits per heavy atom. The van der Waals surface area contributed by atoms with Crippen LogP contribution in [0.5, 0.6) is 0 Å². The van der Waals surface area contributed by atoms with Crippen LogP contribution >= 0.6 is 0 Å². The lowest BCUT2D eigenvalue weighted by Crippen LogP contribution is -2.97. The van der Waals surface area contributed by atoms with Crippen molar-refractivity contribution < 1.29 is 24.4 Å². The van der Waals surface area contributed by atoms with E-state index in [-0.39, 0.29) is 12.5 Å². The van der Waals surface area contributed by atoms with Gasteiger partial charge in [0, 0.05) is 5.69 Å². The summed E-state index contributed by atoms with van der Waals surface area (Å²) < 4.78 is 12.8. The van der Waals surface area contributed by atoms with Gasteiger partial charge >= 0.3 is 0 Å². The molecule has 0 aliphatic heterocycles. The highest BCUT2D eigenvalue weighted by Crippen LogP contribution is 2.15. The second-order valence-electron chi connectivity index (χ2n) is 5.42. The summed E-state index contributed by atoms with van der Waals surface area (Å²) >= 11 is 0. The van der Waals surface area contributed by atoms with E-state index < -0.39 is 23.7 Å². The predicted octanol–water partition coefficient (Wildman–Crippen LogP) is -0.221. The molecule has 2 rings (SSSR count). The number of amides is 1. The van der Waals surface area contributed by atoms with Crippen molar-refractivity contribution in [2.75, 3.05) is 5.32 Å². The fourth-order valence-corrected chi connectivity index (χ4v) is 2.65. The summed E-state index contributed by atoms with van der Waals surface area (Å²) in [6.07, 6.45) is 3.99. The van der Waals surface area contributed by atoms with E-state index in [9.17, 15) is 19.1 Å². The Morgan fingerprint density at radius 2 is 1.90 bits per heavy atom. The molecule has 21 heavy (non-hydrogen) atoms. The van der Waals surface area contributed by atoms with Crippen LogP contribution in [0.2, 0.25) is 0 Å². The van der Waals surface area contributed by atoms with Crippen LogP contribution in [-0.4, -0.2) is 24.0 Å². The maximum absolute atomic E-state index is 12.8. The predicted molar refractivity (Wildman–Crippen MR) is 72.6 cm³/mol. The number of hydrogen-bond acceptors (Lipinski definition) is 3. The average Bonchev–Trinajstić information content (AvgIpc) is 2.93. The molecule has 0 unspecified atom stereocenters. The van der Waals surface area contributed by atoms with E-state index in [2.05, 4.69) is 5.32 Å². The topological polar surface area (TPSA) is 85.8 Å². The Kier molecular flexibility index (Phi) is 5.27. The lowest BCUT2D eigenvalue weighted by molar-refractivity contribution is -0.713. The first-order valence-electron chi connectivity index (χ1n) is 7.16. The maximum Gasteiger partial charge on any atom is 0.230 e. The third-order valence-corrected chi connectivity index (χ3v) is 3.74. The van der Waals surface area contributed by atoms with E-state index in [0.29, 0.717) is 5.69 Å². The SMILES string of the molecule is O=C(C[C@@H]([NH2+]C1CCCC1)C(=O)[O-])Nc1ccc(F)cc1. The highest BCUT2D eigenvalue weighted by molar-refractivity contribution is 5.93. The van der Waals surface area contributed by atoms with Crippen LogP contribution in [-0.2, 0) is 9.59 Å². The van der Waals surface area contributed by atoms with Crippen molar-refractivity contribution in [3.63, 3.8) is 0 Å². The molecule has 1 atom stereocenters. The number of carbonyl (C=O) groups excluding carboxylic acids is 2. The number of benzene rings is 1. The number of carbonyl (C=O) groups is 2. The Morgan fingerprint density at radius 1 is 1.29 bits per heavy atom. The second-order valence-corrected chi connectivity index (χ2v) is 5.42. The Balaban J connectivity index is 1.88. The number of aliphatic carboxylic acids is 1. The van der Waals surface area contributed by atoms with E-state index in [4.69, 9.17) is 0 Å². The molecule has 0 spiro atoms. The number of hydrogen-bond donors (Lipinski definition) is 2. The molecule has 1 aromatic rings. The van der Waals surface area contributed by atoms with Gasteiger partial charge in [-0.3, -0.25) is 4.79 Å². The number of carboxylic acids is 1. The van der Waals surface area contributed by atoms with Crippen molar-refractivity contribution in [3.05, 3.63) is 30.1 Å². The van der Waals surface area contributed by atoms with Gasteiger partial charge in [-0.2, -0.15) is 0 Å². The third-order valence-electron chi connectivity index (χ3n) is 3.74. The van der Waals surface area contributed by atoms with Crippen LogP contribution in [0.15, 0.2) is 24.3 Å². The zero-order valence-corrected chi connectivity index (χ0v) is 11.7. The molecule has 0 saturated heterocycles. The molecule has 1 fully saturated rings. The van der Waals surface area contributed by atoms with Gasteiger partial charge in [0.2, 0.25) is 5.91 Å². The van der Waals surface area contributed by atoms with E-state index >= 15 is 0 Å². The molecule has 114 valence electrons. The fraction of sp³-hybridized carbons (Fsp3) is 0.467. The molecule has 0 heterocycles. The minimum atomic E-state index is -1.23. The molecule has 1 aromatic carbocycles. The van der Waals surface area contributed by atoms with Crippen LogP contribution in [0.1, 0.15) is 32.1 Å². The van der Waals surface area contributed by atoms with Crippen molar-refractivity contribution in [2.24, 2.45) is 0 Å². The quantitative estimate of drug-likeness (QED) is 0.760. The van der Waals surface area contributed by atoms with Gasteiger partial charge in [0.1, 0.15) is 11.9 Å². The van der Waals surface area contributed by atoms with E-state index in [1.807, 2.05) is 0 Å². The second kappa shape index (κ2) is 7.17. The van der Waals surface area contributed by atoms with Crippen LogP contribution in [0.4, 0.5) is 10.1 Å². The highest BCUT2D eigenvalue weighted by Gasteiger charge is 2.25. The first-order chi connectivity index (χ1) is 10.0. The zero-order valence-electron chi connectivity index (χ0n) is 11.7. The smallest absolute Gasteiger partial charge is 0.230 e. The molecule has 0 radical (unpaired) electrons. The number of rotatable bonds is 6. The van der Waals surface area contributed by atoms with Crippen molar-refractivity contribution >= 4 is 17.6 Å². The Labute approximate surface area is 122 Å². The molecular formula is C15H19FN2O3. The molecule has 5 nitrogen and oxygen atoms in total. The summed E-state index contributed by atoms with van der Waals surface area (Å²) in [6.45, 7) is 0. The maximum atomic E-state index is 12.8. The first kappa shape index (κ1) is 15.4. The summed E-state index contributed by atoms with van der Waals surface area (Å²) in [5.41, 5.74) is 0.444. The van der Waals surface area contributed by atoms with Crippen LogP contribution in [0.3, 0.4) is 0 Å². The normalized spacial score (nSPS) is 16.6.